The highest BCUT2D eigenvalue weighted by atomic mass is 16.3. The molecule has 1 unspecified atom stereocenters. The van der Waals surface area contributed by atoms with Crippen LogP contribution in [-0.2, 0) is 9.59 Å². The van der Waals surface area contributed by atoms with Gasteiger partial charge in [0.1, 0.15) is 0 Å². The Morgan fingerprint density at radius 1 is 1.44 bits per heavy atom. The lowest BCUT2D eigenvalue weighted by molar-refractivity contribution is -0.129. The summed E-state index contributed by atoms with van der Waals surface area (Å²) in [5, 5.41) is 12.7. The zero-order valence-corrected chi connectivity index (χ0v) is 10.9. The monoisotopic (exact) mass is 254 g/mol. The Hall–Kier alpha value is -1.10. The minimum atomic E-state index is -0.429. The molecule has 1 saturated heterocycles. The predicted molar refractivity (Wildman–Crippen MR) is 66.8 cm³/mol. The Kier molecular flexibility index (Phi) is 4.22. The number of amides is 2. The molecular formula is C13H22N2O3. The van der Waals surface area contributed by atoms with Crippen LogP contribution in [-0.4, -0.2) is 47.1 Å². The Bertz CT molecular complexity index is 332. The molecule has 5 nitrogen and oxygen atoms in total. The van der Waals surface area contributed by atoms with E-state index in [4.69, 9.17) is 0 Å². The van der Waals surface area contributed by atoms with Gasteiger partial charge in [-0.2, -0.15) is 0 Å². The molecule has 3 atom stereocenters. The molecule has 0 spiro atoms. The van der Waals surface area contributed by atoms with Gasteiger partial charge in [0.2, 0.25) is 11.8 Å². The maximum atomic E-state index is 12.1. The molecule has 2 rings (SSSR count). The molecule has 1 aliphatic carbocycles. The molecule has 1 heterocycles. The molecule has 2 aliphatic rings. The second kappa shape index (κ2) is 5.69. The average Bonchev–Trinajstić information content (AvgIpc) is 2.73. The van der Waals surface area contributed by atoms with Crippen molar-refractivity contribution in [3.63, 3.8) is 0 Å². The second-order valence-corrected chi connectivity index (χ2v) is 5.30. The zero-order valence-electron chi connectivity index (χ0n) is 10.9. The summed E-state index contributed by atoms with van der Waals surface area (Å²) >= 11 is 0. The third kappa shape index (κ3) is 2.83. The molecule has 1 aliphatic heterocycles. The van der Waals surface area contributed by atoms with Gasteiger partial charge in [-0.25, -0.2) is 0 Å². The number of aliphatic hydroxyl groups is 1. The van der Waals surface area contributed by atoms with Crippen molar-refractivity contribution in [2.45, 2.75) is 51.2 Å². The molecule has 0 aromatic rings. The minimum Gasteiger partial charge on any atom is -0.391 e. The van der Waals surface area contributed by atoms with Crippen molar-refractivity contribution >= 4 is 11.8 Å². The molecular weight excluding hydrogens is 232 g/mol. The number of aliphatic hydroxyl groups excluding tert-OH is 1. The molecule has 0 aromatic heterocycles. The number of hydrogen-bond acceptors (Lipinski definition) is 3. The quantitative estimate of drug-likeness (QED) is 0.760. The molecule has 0 radical (unpaired) electrons. The molecule has 2 N–H and O–H groups in total. The van der Waals surface area contributed by atoms with E-state index < -0.39 is 6.10 Å². The number of rotatable bonds is 3. The summed E-state index contributed by atoms with van der Waals surface area (Å²) in [6.07, 6.45) is 3.55. The van der Waals surface area contributed by atoms with E-state index in [1.165, 1.54) is 0 Å². The van der Waals surface area contributed by atoms with Gasteiger partial charge in [-0.05, 0) is 19.8 Å². The number of hydrogen-bond donors (Lipinski definition) is 2. The van der Waals surface area contributed by atoms with Crippen molar-refractivity contribution < 1.29 is 14.7 Å². The Labute approximate surface area is 108 Å². The molecule has 2 amide bonds. The summed E-state index contributed by atoms with van der Waals surface area (Å²) in [7, 11) is 0. The van der Waals surface area contributed by atoms with Gasteiger partial charge in [0.05, 0.1) is 18.1 Å². The van der Waals surface area contributed by atoms with Crippen LogP contribution in [0.4, 0.5) is 0 Å². The standard InChI is InChI=1S/C13H22N2O3/c1-2-15-8-9(7-12(15)17)13(18)14-10-5-3-4-6-11(10)16/h9-11,16H,2-8H2,1H3,(H,14,18)/t9?,10-,11-/m1/s1. The Morgan fingerprint density at radius 3 is 2.78 bits per heavy atom. The number of nitrogens with one attached hydrogen (secondary N) is 1. The lowest BCUT2D eigenvalue weighted by Gasteiger charge is -2.29. The van der Waals surface area contributed by atoms with Crippen molar-refractivity contribution in [2.75, 3.05) is 13.1 Å². The van der Waals surface area contributed by atoms with Crippen LogP contribution in [0.2, 0.25) is 0 Å². The molecule has 2 fully saturated rings. The van der Waals surface area contributed by atoms with Crippen molar-refractivity contribution in [1.29, 1.82) is 0 Å². The first-order valence-electron chi connectivity index (χ1n) is 6.88. The van der Waals surface area contributed by atoms with E-state index in [1.807, 2.05) is 6.92 Å². The molecule has 0 aromatic carbocycles. The summed E-state index contributed by atoms with van der Waals surface area (Å²) in [5.74, 6) is -0.265. The summed E-state index contributed by atoms with van der Waals surface area (Å²) in [6.45, 7) is 3.10. The van der Waals surface area contributed by atoms with Gasteiger partial charge in [-0.1, -0.05) is 12.8 Å². The normalized spacial score (nSPS) is 32.7. The zero-order chi connectivity index (χ0) is 13.1. The van der Waals surface area contributed by atoms with Gasteiger partial charge in [-0.3, -0.25) is 9.59 Å². The first kappa shape index (κ1) is 13.3. The minimum absolute atomic E-state index is 0.0573. The number of carbonyl (C=O) groups is 2. The first-order chi connectivity index (χ1) is 8.61. The average molecular weight is 254 g/mol. The second-order valence-electron chi connectivity index (χ2n) is 5.30. The van der Waals surface area contributed by atoms with Gasteiger partial charge in [0.25, 0.3) is 0 Å². The number of carbonyl (C=O) groups excluding carboxylic acids is 2. The highest BCUT2D eigenvalue weighted by Gasteiger charge is 2.35. The number of nitrogens with zero attached hydrogens (tertiary/aromatic N) is 1. The van der Waals surface area contributed by atoms with E-state index in [2.05, 4.69) is 5.32 Å². The van der Waals surface area contributed by atoms with E-state index in [0.29, 0.717) is 19.5 Å². The van der Waals surface area contributed by atoms with Crippen molar-refractivity contribution in [1.82, 2.24) is 10.2 Å². The fourth-order valence-electron chi connectivity index (χ4n) is 2.83. The van der Waals surface area contributed by atoms with Crippen molar-refractivity contribution in [3.05, 3.63) is 0 Å². The lowest BCUT2D eigenvalue weighted by Crippen LogP contribution is -2.47. The molecule has 5 heteroatoms. The summed E-state index contributed by atoms with van der Waals surface area (Å²) < 4.78 is 0. The predicted octanol–water partition coefficient (Wildman–Crippen LogP) is 0.274. The van der Waals surface area contributed by atoms with Crippen LogP contribution < -0.4 is 5.32 Å². The highest BCUT2D eigenvalue weighted by molar-refractivity contribution is 5.89. The SMILES string of the molecule is CCN1CC(C(=O)N[C@@H]2CCCC[C@H]2O)CC1=O. The Balaban J connectivity index is 1.86. The first-order valence-corrected chi connectivity index (χ1v) is 6.88. The van der Waals surface area contributed by atoms with Gasteiger partial charge in [0.15, 0.2) is 0 Å². The van der Waals surface area contributed by atoms with Crippen LogP contribution >= 0.6 is 0 Å². The van der Waals surface area contributed by atoms with Gasteiger partial charge in [0, 0.05) is 19.5 Å². The van der Waals surface area contributed by atoms with Crippen LogP contribution in [0.15, 0.2) is 0 Å². The molecule has 18 heavy (non-hydrogen) atoms. The fourth-order valence-corrected chi connectivity index (χ4v) is 2.83. The van der Waals surface area contributed by atoms with E-state index in [-0.39, 0.29) is 23.8 Å². The maximum absolute atomic E-state index is 12.1. The van der Waals surface area contributed by atoms with Crippen LogP contribution in [0.3, 0.4) is 0 Å². The topological polar surface area (TPSA) is 69.6 Å². The van der Waals surface area contributed by atoms with Gasteiger partial charge >= 0.3 is 0 Å². The van der Waals surface area contributed by atoms with Crippen molar-refractivity contribution in [3.8, 4) is 0 Å². The third-order valence-electron chi connectivity index (χ3n) is 4.02. The van der Waals surface area contributed by atoms with Crippen molar-refractivity contribution in [2.24, 2.45) is 5.92 Å². The highest BCUT2D eigenvalue weighted by Crippen LogP contribution is 2.21. The van der Waals surface area contributed by atoms with Crippen LogP contribution in [0, 0.1) is 5.92 Å². The number of likely N-dealkylation sites (tertiary alicyclic amines) is 1. The van der Waals surface area contributed by atoms with E-state index in [1.54, 1.807) is 4.90 Å². The smallest absolute Gasteiger partial charge is 0.225 e. The van der Waals surface area contributed by atoms with E-state index in [9.17, 15) is 14.7 Å². The van der Waals surface area contributed by atoms with E-state index in [0.717, 1.165) is 25.7 Å². The van der Waals surface area contributed by atoms with Gasteiger partial charge in [-0.15, -0.1) is 0 Å². The fraction of sp³-hybridized carbons (Fsp3) is 0.846. The molecule has 102 valence electrons. The molecule has 1 saturated carbocycles. The van der Waals surface area contributed by atoms with Crippen LogP contribution in [0.1, 0.15) is 39.0 Å². The molecule has 0 bridgehead atoms. The van der Waals surface area contributed by atoms with Gasteiger partial charge < -0.3 is 15.3 Å². The summed E-state index contributed by atoms with van der Waals surface area (Å²) in [4.78, 5) is 25.3. The maximum Gasteiger partial charge on any atom is 0.225 e. The largest absolute Gasteiger partial charge is 0.391 e. The Morgan fingerprint density at radius 2 is 2.17 bits per heavy atom. The van der Waals surface area contributed by atoms with Crippen LogP contribution in [0.25, 0.3) is 0 Å². The van der Waals surface area contributed by atoms with E-state index >= 15 is 0 Å². The third-order valence-corrected chi connectivity index (χ3v) is 4.02. The lowest BCUT2D eigenvalue weighted by atomic mass is 9.92. The van der Waals surface area contributed by atoms with Crippen LogP contribution in [0.5, 0.6) is 0 Å². The summed E-state index contributed by atoms with van der Waals surface area (Å²) in [6, 6.07) is -0.128. The summed E-state index contributed by atoms with van der Waals surface area (Å²) in [5.41, 5.74) is 0.